The second-order valence-corrected chi connectivity index (χ2v) is 7.48. The molecular formula is C19H34N4O2. The van der Waals surface area contributed by atoms with Gasteiger partial charge >= 0.3 is 0 Å². The van der Waals surface area contributed by atoms with Crippen LogP contribution < -0.4 is 10.6 Å². The van der Waals surface area contributed by atoms with Crippen molar-refractivity contribution < 1.29 is 9.59 Å². The molecule has 1 aliphatic heterocycles. The first-order valence-electron chi connectivity index (χ1n) is 9.83. The van der Waals surface area contributed by atoms with Gasteiger partial charge in [0.1, 0.15) is 0 Å². The molecule has 1 saturated heterocycles. The average molecular weight is 351 g/mol. The van der Waals surface area contributed by atoms with Crippen molar-refractivity contribution in [1.82, 2.24) is 15.5 Å². The van der Waals surface area contributed by atoms with Crippen molar-refractivity contribution in [2.45, 2.75) is 71.3 Å². The number of carbonyl (C=O) groups is 2. The lowest BCUT2D eigenvalue weighted by atomic mass is 9.78. The van der Waals surface area contributed by atoms with E-state index in [0.29, 0.717) is 44.3 Å². The van der Waals surface area contributed by atoms with Crippen molar-refractivity contribution in [1.29, 1.82) is 0 Å². The van der Waals surface area contributed by atoms with E-state index in [0.717, 1.165) is 11.9 Å². The molecule has 6 heteroatoms. The highest BCUT2D eigenvalue weighted by molar-refractivity contribution is 5.97. The molecule has 1 heterocycles. The van der Waals surface area contributed by atoms with Gasteiger partial charge in [-0.3, -0.25) is 19.5 Å². The van der Waals surface area contributed by atoms with Crippen LogP contribution in [-0.2, 0) is 9.59 Å². The van der Waals surface area contributed by atoms with Gasteiger partial charge in [-0.1, -0.05) is 39.0 Å². The summed E-state index contributed by atoms with van der Waals surface area (Å²) in [6.07, 6.45) is 8.39. The van der Waals surface area contributed by atoms with Gasteiger partial charge in [-0.05, 0) is 25.2 Å². The number of aliphatic imine (C=N–C) groups is 1. The zero-order chi connectivity index (χ0) is 18.2. The van der Waals surface area contributed by atoms with Crippen LogP contribution in [0, 0.1) is 11.8 Å². The van der Waals surface area contributed by atoms with Crippen LogP contribution in [0.1, 0.15) is 65.2 Å². The highest BCUT2D eigenvalue weighted by Gasteiger charge is 2.26. The van der Waals surface area contributed by atoms with E-state index in [4.69, 9.17) is 0 Å². The largest absolute Gasteiger partial charge is 0.355 e. The zero-order valence-corrected chi connectivity index (χ0v) is 16.0. The molecule has 142 valence electrons. The lowest BCUT2D eigenvalue weighted by Gasteiger charge is -2.33. The van der Waals surface area contributed by atoms with Crippen molar-refractivity contribution >= 4 is 17.8 Å². The van der Waals surface area contributed by atoms with E-state index < -0.39 is 0 Å². The van der Waals surface area contributed by atoms with Crippen molar-refractivity contribution in [2.75, 3.05) is 20.1 Å². The molecule has 0 bridgehead atoms. The molecule has 1 saturated carbocycles. The fraction of sp³-hybridized carbons (Fsp3) is 0.842. The van der Waals surface area contributed by atoms with E-state index in [1.807, 2.05) is 0 Å². The Morgan fingerprint density at radius 3 is 2.36 bits per heavy atom. The second-order valence-electron chi connectivity index (χ2n) is 7.48. The third-order valence-corrected chi connectivity index (χ3v) is 5.78. The summed E-state index contributed by atoms with van der Waals surface area (Å²) < 4.78 is 0. The van der Waals surface area contributed by atoms with E-state index >= 15 is 0 Å². The number of hydrogen-bond acceptors (Lipinski definition) is 3. The van der Waals surface area contributed by atoms with Gasteiger partial charge in [-0.25, -0.2) is 0 Å². The van der Waals surface area contributed by atoms with Crippen LogP contribution in [-0.4, -0.2) is 48.9 Å². The number of hydrogen-bond donors (Lipinski definition) is 2. The minimum atomic E-state index is -0.0553. The Morgan fingerprint density at radius 2 is 1.76 bits per heavy atom. The van der Waals surface area contributed by atoms with Crippen molar-refractivity contribution in [3.05, 3.63) is 0 Å². The molecule has 2 N–H and O–H groups in total. The Balaban J connectivity index is 1.75. The first-order chi connectivity index (χ1) is 12.0. The van der Waals surface area contributed by atoms with E-state index in [2.05, 4.69) is 29.5 Å². The molecule has 0 aromatic carbocycles. The number of rotatable bonds is 6. The Bertz CT molecular complexity index is 470. The topological polar surface area (TPSA) is 73.8 Å². The minimum Gasteiger partial charge on any atom is -0.355 e. The summed E-state index contributed by atoms with van der Waals surface area (Å²) in [6, 6.07) is 0.340. The zero-order valence-electron chi connectivity index (χ0n) is 16.0. The van der Waals surface area contributed by atoms with Crippen molar-refractivity contribution in [3.8, 4) is 0 Å². The molecule has 2 rings (SSSR count). The van der Waals surface area contributed by atoms with Gasteiger partial charge in [0.15, 0.2) is 5.96 Å². The fourth-order valence-corrected chi connectivity index (χ4v) is 3.95. The van der Waals surface area contributed by atoms with E-state index in [-0.39, 0.29) is 11.8 Å². The molecule has 6 nitrogen and oxygen atoms in total. The molecule has 2 aliphatic rings. The van der Waals surface area contributed by atoms with Gasteiger partial charge < -0.3 is 10.6 Å². The van der Waals surface area contributed by atoms with Gasteiger partial charge in [0.25, 0.3) is 0 Å². The number of amides is 2. The molecule has 2 amide bonds. The maximum atomic E-state index is 11.8. The Kier molecular flexibility index (Phi) is 7.72. The molecular weight excluding hydrogens is 316 g/mol. The van der Waals surface area contributed by atoms with E-state index in [9.17, 15) is 9.59 Å². The van der Waals surface area contributed by atoms with Crippen molar-refractivity contribution in [2.24, 2.45) is 16.8 Å². The van der Waals surface area contributed by atoms with Gasteiger partial charge in [0.2, 0.25) is 11.8 Å². The highest BCUT2D eigenvalue weighted by atomic mass is 16.2. The molecule has 0 aromatic heterocycles. The molecule has 0 spiro atoms. The Hall–Kier alpha value is -1.59. The van der Waals surface area contributed by atoms with Crippen molar-refractivity contribution in [3.63, 3.8) is 0 Å². The summed E-state index contributed by atoms with van der Waals surface area (Å²) in [5.74, 6) is 2.02. The Labute approximate surface area is 151 Å². The number of nitrogens with zero attached hydrogens (tertiary/aromatic N) is 2. The van der Waals surface area contributed by atoms with Crippen LogP contribution in [0.5, 0.6) is 0 Å². The third-order valence-electron chi connectivity index (χ3n) is 5.78. The Morgan fingerprint density at radius 1 is 1.12 bits per heavy atom. The standard InChI is InChI=1S/C19H34N4O2/c1-14(16-8-5-4-6-9-16)15(2)22-19(20-3)21-12-13-23-17(24)10-7-11-18(23)25/h14-16H,4-13H2,1-3H3,(H2,20,21,22). The minimum absolute atomic E-state index is 0.0553. The highest BCUT2D eigenvalue weighted by Crippen LogP contribution is 2.31. The van der Waals surface area contributed by atoms with Crippen LogP contribution in [0.15, 0.2) is 4.99 Å². The number of nitrogens with one attached hydrogen (secondary N) is 2. The second kappa shape index (κ2) is 9.78. The predicted molar refractivity (Wildman–Crippen MR) is 100 cm³/mol. The molecule has 0 aromatic rings. The fourth-order valence-electron chi connectivity index (χ4n) is 3.95. The van der Waals surface area contributed by atoms with E-state index in [1.54, 1.807) is 7.05 Å². The summed E-state index contributed by atoms with van der Waals surface area (Å²) in [5.41, 5.74) is 0. The molecule has 0 radical (unpaired) electrons. The summed E-state index contributed by atoms with van der Waals surface area (Å²) in [7, 11) is 1.75. The first kappa shape index (κ1) is 19.7. The number of carbonyl (C=O) groups excluding carboxylic acids is 2. The first-order valence-corrected chi connectivity index (χ1v) is 9.83. The van der Waals surface area contributed by atoms with Crippen LogP contribution in [0.2, 0.25) is 0 Å². The van der Waals surface area contributed by atoms with Gasteiger partial charge in [-0.2, -0.15) is 0 Å². The predicted octanol–water partition coefficient (Wildman–Crippen LogP) is 2.30. The number of piperidine rings is 1. The molecule has 2 fully saturated rings. The SMILES string of the molecule is CN=C(NCCN1C(=O)CCCC1=O)NC(C)C(C)C1CCCCC1. The van der Waals surface area contributed by atoms with Gasteiger partial charge in [-0.15, -0.1) is 0 Å². The van der Waals surface area contributed by atoms with Gasteiger partial charge in [0.05, 0.1) is 0 Å². The van der Waals surface area contributed by atoms with Gasteiger partial charge in [0, 0.05) is 39.0 Å². The maximum absolute atomic E-state index is 11.8. The quantitative estimate of drug-likeness (QED) is 0.438. The smallest absolute Gasteiger partial charge is 0.229 e. The summed E-state index contributed by atoms with van der Waals surface area (Å²) in [6.45, 7) is 5.47. The molecule has 1 aliphatic carbocycles. The van der Waals surface area contributed by atoms with Crippen LogP contribution in [0.25, 0.3) is 0 Å². The maximum Gasteiger partial charge on any atom is 0.229 e. The lowest BCUT2D eigenvalue weighted by Crippen LogP contribution is -2.49. The third kappa shape index (κ3) is 5.72. The van der Waals surface area contributed by atoms with Crippen LogP contribution in [0.4, 0.5) is 0 Å². The lowest BCUT2D eigenvalue weighted by molar-refractivity contribution is -0.147. The van der Waals surface area contributed by atoms with Crippen LogP contribution in [0.3, 0.4) is 0 Å². The summed E-state index contributed by atoms with van der Waals surface area (Å²) in [4.78, 5) is 29.3. The average Bonchev–Trinajstić information content (AvgIpc) is 2.63. The summed E-state index contributed by atoms with van der Waals surface area (Å²) >= 11 is 0. The van der Waals surface area contributed by atoms with Crippen LogP contribution >= 0.6 is 0 Å². The normalized spacial score (nSPS) is 22.7. The number of guanidine groups is 1. The van der Waals surface area contributed by atoms with E-state index in [1.165, 1.54) is 37.0 Å². The number of likely N-dealkylation sites (tertiary alicyclic amines) is 1. The molecule has 2 atom stereocenters. The molecule has 2 unspecified atom stereocenters. The summed E-state index contributed by atoms with van der Waals surface area (Å²) in [5, 5.41) is 6.71. The monoisotopic (exact) mass is 350 g/mol. The number of imide groups is 1. The molecule has 25 heavy (non-hydrogen) atoms.